The molecule has 2 heterocycles. The molecule has 2 N–H and O–H groups in total. The highest BCUT2D eigenvalue weighted by Gasteiger charge is 2.32. The zero-order valence-corrected chi connectivity index (χ0v) is 20.6. The summed E-state index contributed by atoms with van der Waals surface area (Å²) in [6, 6.07) is 16.8. The summed E-state index contributed by atoms with van der Waals surface area (Å²) in [5, 5.41) is 7.67. The van der Waals surface area contributed by atoms with E-state index in [2.05, 4.69) is 10.6 Å². The maximum Gasteiger partial charge on any atom is 0.252 e. The Morgan fingerprint density at radius 2 is 1.80 bits per heavy atom. The highest BCUT2D eigenvalue weighted by atomic mass is 32.2. The van der Waals surface area contributed by atoms with Crippen LogP contribution in [0.5, 0.6) is 0 Å². The Bertz CT molecular complexity index is 1360. The quantitative estimate of drug-likeness (QED) is 0.486. The van der Waals surface area contributed by atoms with Crippen LogP contribution in [0, 0.1) is 5.92 Å². The number of pyridine rings is 1. The van der Waals surface area contributed by atoms with E-state index in [1.807, 2.05) is 42.5 Å². The maximum atomic E-state index is 13.7. The Balaban J connectivity index is 1.30. The van der Waals surface area contributed by atoms with Gasteiger partial charge >= 0.3 is 0 Å². The molecule has 182 valence electrons. The van der Waals surface area contributed by atoms with Gasteiger partial charge in [0, 0.05) is 23.0 Å². The van der Waals surface area contributed by atoms with E-state index in [4.69, 9.17) is 4.98 Å². The van der Waals surface area contributed by atoms with Crippen molar-refractivity contribution in [3.63, 3.8) is 0 Å². The SMILES string of the molecule is O=C(N[C@H](c1ccc(S(=O)(=O)CC2CC2)cc1)C1CCCN1)c1cc(C2CC2)nc2ccccc12. The second kappa shape index (κ2) is 9.03. The summed E-state index contributed by atoms with van der Waals surface area (Å²) in [6.45, 7) is 0.912. The van der Waals surface area contributed by atoms with Crippen LogP contribution in [0.4, 0.5) is 0 Å². The molecule has 2 aromatic carbocycles. The largest absolute Gasteiger partial charge is 0.344 e. The molecular weight excluding hydrogens is 458 g/mol. The molecule has 1 amide bonds. The van der Waals surface area contributed by atoms with Crippen molar-refractivity contribution in [3.05, 3.63) is 71.4 Å². The normalized spacial score (nSPS) is 21.2. The molecule has 2 aliphatic carbocycles. The van der Waals surface area contributed by atoms with Crippen LogP contribution in [0.25, 0.3) is 10.9 Å². The number of rotatable bonds is 8. The fourth-order valence-corrected chi connectivity index (χ4v) is 6.87. The topological polar surface area (TPSA) is 88.2 Å². The van der Waals surface area contributed by atoms with Gasteiger partial charge in [-0.1, -0.05) is 30.3 Å². The molecule has 3 aromatic rings. The predicted octanol–water partition coefficient (Wildman–Crippen LogP) is 4.52. The average molecular weight is 490 g/mol. The average Bonchev–Trinajstić information content (AvgIpc) is 3.81. The first-order valence-electron chi connectivity index (χ1n) is 12.7. The second-order valence-corrected chi connectivity index (χ2v) is 12.4. The van der Waals surface area contributed by atoms with E-state index >= 15 is 0 Å². The van der Waals surface area contributed by atoms with Crippen molar-refractivity contribution in [1.29, 1.82) is 0 Å². The van der Waals surface area contributed by atoms with E-state index in [1.165, 1.54) is 0 Å². The molecule has 6 nitrogen and oxygen atoms in total. The minimum absolute atomic E-state index is 0.101. The van der Waals surface area contributed by atoms with Crippen molar-refractivity contribution >= 4 is 26.6 Å². The molecule has 1 saturated heterocycles. The fraction of sp³-hybridized carbons (Fsp3) is 0.429. The van der Waals surface area contributed by atoms with Gasteiger partial charge in [-0.15, -0.1) is 0 Å². The zero-order chi connectivity index (χ0) is 24.0. The van der Waals surface area contributed by atoms with Gasteiger partial charge in [-0.05, 0) is 80.8 Å². The molecule has 2 atom stereocenters. The standard InChI is InChI=1S/C28H31N3O3S/c32-28(23-16-26(19-9-10-19)30-24-5-2-1-4-22(23)24)31-27(25-6-3-15-29-25)20-11-13-21(14-12-20)35(33,34)17-18-7-8-18/h1-2,4-5,11-14,16,18-19,25,27,29H,3,6-10,15,17H2,(H,31,32)/t25?,27-/m1/s1. The van der Waals surface area contributed by atoms with Gasteiger partial charge in [0.25, 0.3) is 5.91 Å². The van der Waals surface area contributed by atoms with Crippen molar-refractivity contribution in [1.82, 2.24) is 15.6 Å². The van der Waals surface area contributed by atoms with E-state index in [1.54, 1.807) is 12.1 Å². The van der Waals surface area contributed by atoms with E-state index < -0.39 is 9.84 Å². The van der Waals surface area contributed by atoms with Crippen LogP contribution in [0.15, 0.2) is 59.5 Å². The van der Waals surface area contributed by atoms with Gasteiger partial charge in [0.1, 0.15) is 0 Å². The number of nitrogens with zero attached hydrogens (tertiary/aromatic N) is 1. The number of hydrogen-bond acceptors (Lipinski definition) is 5. The lowest BCUT2D eigenvalue weighted by Crippen LogP contribution is -2.41. The minimum atomic E-state index is -3.27. The van der Waals surface area contributed by atoms with Gasteiger partial charge in [-0.3, -0.25) is 9.78 Å². The van der Waals surface area contributed by atoms with Crippen LogP contribution in [0.2, 0.25) is 0 Å². The molecule has 0 bridgehead atoms. The summed E-state index contributed by atoms with van der Waals surface area (Å²) < 4.78 is 25.4. The van der Waals surface area contributed by atoms with Gasteiger partial charge in [0.05, 0.1) is 27.8 Å². The monoisotopic (exact) mass is 489 g/mol. The number of aromatic nitrogens is 1. The predicted molar refractivity (Wildman–Crippen MR) is 136 cm³/mol. The molecular formula is C28H31N3O3S. The van der Waals surface area contributed by atoms with Crippen LogP contribution in [0.1, 0.15) is 72.1 Å². The smallest absolute Gasteiger partial charge is 0.252 e. The molecule has 3 aliphatic rings. The Morgan fingerprint density at radius 3 is 2.49 bits per heavy atom. The lowest BCUT2D eigenvalue weighted by molar-refractivity contribution is 0.0930. The van der Waals surface area contributed by atoms with E-state index in [0.717, 1.165) is 67.2 Å². The lowest BCUT2D eigenvalue weighted by atomic mass is 9.97. The first kappa shape index (κ1) is 22.7. The van der Waals surface area contributed by atoms with Gasteiger partial charge in [-0.2, -0.15) is 0 Å². The molecule has 0 spiro atoms. The summed E-state index contributed by atoms with van der Waals surface area (Å²) in [6.07, 6.45) is 6.26. The third-order valence-electron chi connectivity index (χ3n) is 7.51. The number of sulfone groups is 1. The number of benzene rings is 2. The van der Waals surface area contributed by atoms with Crippen LogP contribution in [-0.2, 0) is 9.84 Å². The number of carbonyl (C=O) groups is 1. The lowest BCUT2D eigenvalue weighted by Gasteiger charge is -2.26. The number of carbonyl (C=O) groups excluding carboxylic acids is 1. The Hall–Kier alpha value is -2.77. The van der Waals surface area contributed by atoms with Crippen LogP contribution in [-0.4, -0.2) is 37.6 Å². The molecule has 1 aromatic heterocycles. The van der Waals surface area contributed by atoms with Crippen LogP contribution in [0.3, 0.4) is 0 Å². The van der Waals surface area contributed by atoms with Gasteiger partial charge in [0.15, 0.2) is 9.84 Å². The third kappa shape index (κ3) is 4.84. The highest BCUT2D eigenvalue weighted by Crippen LogP contribution is 2.40. The Kier molecular flexibility index (Phi) is 5.85. The van der Waals surface area contributed by atoms with Crippen molar-refractivity contribution in [2.24, 2.45) is 5.92 Å². The fourth-order valence-electron chi connectivity index (χ4n) is 5.18. The molecule has 1 unspecified atom stereocenters. The molecule has 2 saturated carbocycles. The maximum absolute atomic E-state index is 13.7. The van der Waals surface area contributed by atoms with Crippen molar-refractivity contribution in [3.8, 4) is 0 Å². The molecule has 3 fully saturated rings. The van der Waals surface area contributed by atoms with Crippen LogP contribution >= 0.6 is 0 Å². The van der Waals surface area contributed by atoms with E-state index in [-0.39, 0.29) is 23.7 Å². The zero-order valence-electron chi connectivity index (χ0n) is 19.7. The third-order valence-corrected chi connectivity index (χ3v) is 9.41. The Morgan fingerprint density at radius 1 is 1.03 bits per heavy atom. The summed E-state index contributed by atoms with van der Waals surface area (Å²) in [4.78, 5) is 18.9. The minimum Gasteiger partial charge on any atom is -0.344 e. The molecule has 7 heteroatoms. The highest BCUT2D eigenvalue weighted by molar-refractivity contribution is 7.91. The molecule has 0 radical (unpaired) electrons. The van der Waals surface area contributed by atoms with E-state index in [9.17, 15) is 13.2 Å². The first-order valence-corrected chi connectivity index (χ1v) is 14.4. The number of para-hydroxylation sites is 1. The summed E-state index contributed by atoms with van der Waals surface area (Å²) >= 11 is 0. The van der Waals surface area contributed by atoms with Crippen molar-refractivity contribution in [2.75, 3.05) is 12.3 Å². The number of amides is 1. The molecule has 1 aliphatic heterocycles. The Labute approximate surface area is 206 Å². The number of fused-ring (bicyclic) bond motifs is 1. The van der Waals surface area contributed by atoms with Gasteiger partial charge in [-0.25, -0.2) is 8.42 Å². The van der Waals surface area contributed by atoms with Crippen molar-refractivity contribution in [2.45, 2.75) is 61.4 Å². The molecule has 6 rings (SSSR count). The van der Waals surface area contributed by atoms with Crippen LogP contribution < -0.4 is 10.6 Å². The number of nitrogens with one attached hydrogen (secondary N) is 2. The van der Waals surface area contributed by atoms with Gasteiger partial charge in [0.2, 0.25) is 0 Å². The summed E-state index contributed by atoms with van der Waals surface area (Å²) in [7, 11) is -3.27. The number of hydrogen-bond donors (Lipinski definition) is 2. The second-order valence-electron chi connectivity index (χ2n) is 10.3. The first-order chi connectivity index (χ1) is 17.0. The molecule has 35 heavy (non-hydrogen) atoms. The van der Waals surface area contributed by atoms with Crippen molar-refractivity contribution < 1.29 is 13.2 Å². The summed E-state index contributed by atoms with van der Waals surface area (Å²) in [5.74, 6) is 0.873. The van der Waals surface area contributed by atoms with Gasteiger partial charge < -0.3 is 10.6 Å². The van der Waals surface area contributed by atoms with E-state index in [0.29, 0.717) is 22.3 Å². The summed E-state index contributed by atoms with van der Waals surface area (Å²) in [5.41, 5.74) is 3.42.